The highest BCUT2D eigenvalue weighted by atomic mass is 19.1. The van der Waals surface area contributed by atoms with Gasteiger partial charge in [-0.15, -0.1) is 0 Å². The Labute approximate surface area is 130 Å². The number of halogens is 2. The molecule has 0 aliphatic rings. The van der Waals surface area contributed by atoms with Gasteiger partial charge in [0.25, 0.3) is 0 Å². The molecule has 1 aromatic carbocycles. The van der Waals surface area contributed by atoms with Crippen molar-refractivity contribution in [3.05, 3.63) is 60.3 Å². The van der Waals surface area contributed by atoms with E-state index in [1.807, 2.05) is 0 Å². The van der Waals surface area contributed by atoms with Crippen molar-refractivity contribution < 1.29 is 13.2 Å². The van der Waals surface area contributed by atoms with Crippen LogP contribution < -0.4 is 16.4 Å². The minimum absolute atomic E-state index is 0.0637. The fourth-order valence-electron chi connectivity index (χ4n) is 1.94. The average Bonchev–Trinajstić information content (AvgIpc) is 3.04. The summed E-state index contributed by atoms with van der Waals surface area (Å²) >= 11 is 0. The minimum Gasteiger partial charge on any atom is -0.467 e. The van der Waals surface area contributed by atoms with Crippen molar-refractivity contribution in [1.29, 1.82) is 0 Å². The summed E-state index contributed by atoms with van der Waals surface area (Å²) in [5, 5.41) is 5.72. The molecule has 0 fully saturated rings. The van der Waals surface area contributed by atoms with Gasteiger partial charge in [0.15, 0.2) is 11.6 Å². The number of nitrogens with one attached hydrogen (secondary N) is 2. The van der Waals surface area contributed by atoms with Crippen molar-refractivity contribution in [1.82, 2.24) is 9.97 Å². The zero-order valence-corrected chi connectivity index (χ0v) is 11.9. The maximum absolute atomic E-state index is 13.7. The summed E-state index contributed by atoms with van der Waals surface area (Å²) < 4.78 is 31.8. The third-order valence-electron chi connectivity index (χ3n) is 3.08. The summed E-state index contributed by atoms with van der Waals surface area (Å²) in [5.41, 5.74) is 6.25. The number of nitrogens with two attached hydrogens (primary N) is 1. The quantitative estimate of drug-likeness (QED) is 0.669. The average molecular weight is 317 g/mol. The summed E-state index contributed by atoms with van der Waals surface area (Å²) in [7, 11) is 0. The van der Waals surface area contributed by atoms with Crippen molar-refractivity contribution in [3.8, 4) is 0 Å². The monoisotopic (exact) mass is 317 g/mol. The fraction of sp³-hybridized carbons (Fsp3) is 0.0667. The van der Waals surface area contributed by atoms with E-state index in [2.05, 4.69) is 20.6 Å². The van der Waals surface area contributed by atoms with Crippen LogP contribution in [0.1, 0.15) is 5.76 Å². The van der Waals surface area contributed by atoms with Crippen LogP contribution in [0.25, 0.3) is 0 Å². The summed E-state index contributed by atoms with van der Waals surface area (Å²) in [6.07, 6.45) is 2.84. The Balaban J connectivity index is 1.78. The SMILES string of the molecule is Nc1c(NCc2ccco2)ncnc1Nc1ccc(F)cc1F. The van der Waals surface area contributed by atoms with Gasteiger partial charge in [-0.25, -0.2) is 18.7 Å². The molecule has 8 heteroatoms. The van der Waals surface area contributed by atoms with Gasteiger partial charge >= 0.3 is 0 Å². The summed E-state index contributed by atoms with van der Waals surface area (Å²) in [6, 6.07) is 6.75. The van der Waals surface area contributed by atoms with Gasteiger partial charge in [-0.1, -0.05) is 0 Å². The molecule has 0 radical (unpaired) electrons. The lowest BCUT2D eigenvalue weighted by molar-refractivity contribution is 0.518. The number of anilines is 4. The number of benzene rings is 1. The number of hydrogen-bond donors (Lipinski definition) is 3. The minimum atomic E-state index is -0.742. The Hall–Kier alpha value is -3.16. The zero-order valence-electron chi connectivity index (χ0n) is 11.9. The first kappa shape index (κ1) is 14.8. The van der Waals surface area contributed by atoms with E-state index in [0.29, 0.717) is 18.1 Å². The molecule has 3 aromatic rings. The van der Waals surface area contributed by atoms with Crippen LogP contribution in [0.4, 0.5) is 31.8 Å². The van der Waals surface area contributed by atoms with Crippen molar-refractivity contribution in [3.63, 3.8) is 0 Å². The molecule has 0 aliphatic heterocycles. The van der Waals surface area contributed by atoms with E-state index in [-0.39, 0.29) is 17.2 Å². The van der Waals surface area contributed by atoms with E-state index < -0.39 is 11.6 Å². The van der Waals surface area contributed by atoms with Gasteiger partial charge in [0.2, 0.25) is 0 Å². The number of aromatic nitrogens is 2. The van der Waals surface area contributed by atoms with Crippen LogP contribution in [0, 0.1) is 11.6 Å². The molecule has 2 heterocycles. The molecule has 0 saturated carbocycles. The van der Waals surface area contributed by atoms with Crippen molar-refractivity contribution in [2.24, 2.45) is 0 Å². The second-order valence-electron chi connectivity index (χ2n) is 4.67. The summed E-state index contributed by atoms with van der Waals surface area (Å²) in [5.74, 6) is -0.103. The maximum atomic E-state index is 13.7. The standard InChI is InChI=1S/C15H13F2N5O/c16-9-3-4-12(11(17)6-9)22-15-13(18)14(20-8-21-15)19-7-10-2-1-5-23-10/h1-6,8H,7,18H2,(H2,19,20,21,22). The van der Waals surface area contributed by atoms with Gasteiger partial charge in [0.1, 0.15) is 29.4 Å². The van der Waals surface area contributed by atoms with Crippen LogP contribution >= 0.6 is 0 Å². The van der Waals surface area contributed by atoms with Crippen LogP contribution in [0.2, 0.25) is 0 Å². The maximum Gasteiger partial charge on any atom is 0.159 e. The molecular formula is C15H13F2N5O. The first-order valence-corrected chi connectivity index (χ1v) is 6.72. The second kappa shape index (κ2) is 6.30. The second-order valence-corrected chi connectivity index (χ2v) is 4.67. The van der Waals surface area contributed by atoms with Crippen LogP contribution in [0.5, 0.6) is 0 Å². The molecule has 0 saturated heterocycles. The highest BCUT2D eigenvalue weighted by Crippen LogP contribution is 2.27. The van der Waals surface area contributed by atoms with Crippen molar-refractivity contribution >= 4 is 23.0 Å². The van der Waals surface area contributed by atoms with Crippen LogP contribution in [-0.4, -0.2) is 9.97 Å². The molecule has 4 N–H and O–H groups in total. The van der Waals surface area contributed by atoms with Crippen molar-refractivity contribution in [2.75, 3.05) is 16.4 Å². The smallest absolute Gasteiger partial charge is 0.159 e. The number of nitrogens with zero attached hydrogens (tertiary/aromatic N) is 2. The van der Waals surface area contributed by atoms with Gasteiger partial charge in [0, 0.05) is 6.07 Å². The molecule has 3 rings (SSSR count). The van der Waals surface area contributed by atoms with Gasteiger partial charge in [-0.05, 0) is 24.3 Å². The van der Waals surface area contributed by atoms with E-state index >= 15 is 0 Å². The topological polar surface area (TPSA) is 89.0 Å². The normalized spacial score (nSPS) is 10.5. The van der Waals surface area contributed by atoms with Gasteiger partial charge in [0.05, 0.1) is 18.5 Å². The van der Waals surface area contributed by atoms with Gasteiger partial charge < -0.3 is 20.8 Å². The Kier molecular flexibility index (Phi) is 4.05. The summed E-state index contributed by atoms with van der Waals surface area (Å²) in [6.45, 7) is 0.387. The molecule has 0 atom stereocenters. The molecule has 0 amide bonds. The first-order valence-electron chi connectivity index (χ1n) is 6.72. The lowest BCUT2D eigenvalue weighted by atomic mass is 10.3. The fourth-order valence-corrected chi connectivity index (χ4v) is 1.94. The molecule has 118 valence electrons. The Morgan fingerprint density at radius 2 is 1.96 bits per heavy atom. The third kappa shape index (κ3) is 3.37. The zero-order chi connectivity index (χ0) is 16.2. The third-order valence-corrected chi connectivity index (χ3v) is 3.08. The van der Waals surface area contributed by atoms with Crippen LogP contribution in [0.15, 0.2) is 47.3 Å². The number of rotatable bonds is 5. The van der Waals surface area contributed by atoms with E-state index in [4.69, 9.17) is 10.2 Å². The predicted molar refractivity (Wildman–Crippen MR) is 82.1 cm³/mol. The van der Waals surface area contributed by atoms with Gasteiger partial charge in [-0.3, -0.25) is 0 Å². The Morgan fingerprint density at radius 1 is 1.13 bits per heavy atom. The largest absolute Gasteiger partial charge is 0.467 e. The van der Waals surface area contributed by atoms with E-state index in [1.54, 1.807) is 18.4 Å². The lowest BCUT2D eigenvalue weighted by Crippen LogP contribution is -2.08. The lowest BCUT2D eigenvalue weighted by Gasteiger charge is -2.12. The molecule has 0 spiro atoms. The summed E-state index contributed by atoms with van der Waals surface area (Å²) in [4.78, 5) is 8.01. The number of hydrogen-bond acceptors (Lipinski definition) is 6. The van der Waals surface area contributed by atoms with E-state index in [0.717, 1.165) is 12.1 Å². The Bertz CT molecular complexity index is 808. The molecular weight excluding hydrogens is 304 g/mol. The highest BCUT2D eigenvalue weighted by Gasteiger charge is 2.11. The predicted octanol–water partition coefficient (Wildman–Crippen LogP) is 3.29. The van der Waals surface area contributed by atoms with Crippen molar-refractivity contribution in [2.45, 2.75) is 6.54 Å². The molecule has 6 nitrogen and oxygen atoms in total. The molecule has 0 aliphatic carbocycles. The molecule has 0 unspecified atom stereocenters. The Morgan fingerprint density at radius 3 is 2.70 bits per heavy atom. The number of nitrogen functional groups attached to an aromatic ring is 1. The molecule has 23 heavy (non-hydrogen) atoms. The van der Waals surface area contributed by atoms with E-state index in [9.17, 15) is 8.78 Å². The number of furan rings is 1. The van der Waals surface area contributed by atoms with E-state index in [1.165, 1.54) is 12.4 Å². The van der Waals surface area contributed by atoms with Crippen LogP contribution in [-0.2, 0) is 6.54 Å². The highest BCUT2D eigenvalue weighted by molar-refractivity contribution is 5.77. The van der Waals surface area contributed by atoms with Crippen LogP contribution in [0.3, 0.4) is 0 Å². The first-order chi connectivity index (χ1) is 11.1. The molecule has 2 aromatic heterocycles. The molecule has 0 bridgehead atoms. The van der Waals surface area contributed by atoms with Gasteiger partial charge in [-0.2, -0.15) is 0 Å².